The second-order valence-electron chi connectivity index (χ2n) is 4.51. The zero-order chi connectivity index (χ0) is 18.6. The normalized spacial score (nSPS) is 7.68. The van der Waals surface area contributed by atoms with Crippen LogP contribution in [-0.4, -0.2) is 12.2 Å². The molecule has 0 aliphatic rings. The van der Waals surface area contributed by atoms with Gasteiger partial charge in [-0.05, 0) is 17.5 Å². The Labute approximate surface area is 147 Å². The molecule has 0 atom stereocenters. The van der Waals surface area contributed by atoms with E-state index in [0.29, 0.717) is 0 Å². The first-order valence-corrected chi connectivity index (χ1v) is 7.44. The van der Waals surface area contributed by atoms with Gasteiger partial charge in [-0.3, -0.25) is 0 Å². The molecule has 3 aromatic rings. The first-order valence-electron chi connectivity index (χ1n) is 7.44. The van der Waals surface area contributed by atoms with Crippen LogP contribution < -0.4 is 0 Å². The molecule has 3 aromatic carbocycles. The minimum atomic E-state index is 0.750. The summed E-state index contributed by atoms with van der Waals surface area (Å²) in [7, 11) is 0. The molecule has 0 aliphatic carbocycles. The fraction of sp³-hybridized carbons (Fsp3) is 0.0476. The van der Waals surface area contributed by atoms with Crippen molar-refractivity contribution < 1.29 is 9.59 Å². The fourth-order valence-electron chi connectivity index (χ4n) is 1.81. The maximum atomic E-state index is 8.35. The Bertz CT molecular complexity index is 641. The number of nitrogens with one attached hydrogen (secondary N) is 2. The molecule has 0 saturated carbocycles. The van der Waals surface area contributed by atoms with Crippen LogP contribution in [0.5, 0.6) is 0 Å². The summed E-state index contributed by atoms with van der Waals surface area (Å²) in [6.07, 6.45) is 2.53. The molecule has 0 aromatic heterocycles. The molecule has 0 unspecified atom stereocenters. The van der Waals surface area contributed by atoms with Gasteiger partial charge in [0, 0.05) is 0 Å². The van der Waals surface area contributed by atoms with E-state index in [-0.39, 0.29) is 0 Å². The summed E-state index contributed by atoms with van der Waals surface area (Å²) in [6, 6.07) is 33.1. The lowest BCUT2D eigenvalue weighted by molar-refractivity contribution is 0.562. The van der Waals surface area contributed by atoms with E-state index in [1.807, 2.05) is 36.4 Å². The minimum absolute atomic E-state index is 0.750. The van der Waals surface area contributed by atoms with E-state index < -0.39 is 0 Å². The van der Waals surface area contributed by atoms with Gasteiger partial charge in [0.2, 0.25) is 12.2 Å². The monoisotopic (exact) mass is 332 g/mol. The van der Waals surface area contributed by atoms with Crippen LogP contribution in [0.3, 0.4) is 0 Å². The molecule has 0 amide bonds. The molecule has 3 rings (SSSR count). The van der Waals surface area contributed by atoms with Crippen LogP contribution in [0.2, 0.25) is 0 Å². The summed E-state index contributed by atoms with van der Waals surface area (Å²) < 4.78 is 0. The van der Waals surface area contributed by atoms with Crippen LogP contribution in [-0.2, 0) is 16.0 Å². The Hall–Kier alpha value is -3.58. The highest BCUT2D eigenvalue weighted by Gasteiger charge is 1.92. The molecule has 4 heteroatoms. The summed E-state index contributed by atoms with van der Waals surface area (Å²) in [5, 5.41) is 10.8. The van der Waals surface area contributed by atoms with Crippen LogP contribution in [0, 0.1) is 10.8 Å². The van der Waals surface area contributed by atoms with Gasteiger partial charge in [0.1, 0.15) is 0 Å². The van der Waals surface area contributed by atoms with Gasteiger partial charge in [0.25, 0.3) is 0 Å². The van der Waals surface area contributed by atoms with Crippen molar-refractivity contribution >= 4 is 12.2 Å². The third-order valence-corrected chi connectivity index (χ3v) is 2.76. The van der Waals surface area contributed by atoms with Crippen LogP contribution in [0.15, 0.2) is 97.1 Å². The molecule has 2 N–H and O–H groups in total. The van der Waals surface area contributed by atoms with Crippen molar-refractivity contribution in [2.75, 3.05) is 0 Å². The zero-order valence-corrected chi connectivity index (χ0v) is 13.8. The lowest BCUT2D eigenvalue weighted by Gasteiger charge is -2.00. The molecule has 0 spiro atoms. The molecule has 0 saturated heterocycles. The molecule has 25 heavy (non-hydrogen) atoms. The summed E-state index contributed by atoms with van der Waals surface area (Å²) in [4.78, 5) is 16.7. The van der Waals surface area contributed by atoms with Crippen molar-refractivity contribution in [1.82, 2.24) is 0 Å². The number of carbonyl (C=O) groups excluding carboxylic acids is 2. The number of isocyanates is 2. The van der Waals surface area contributed by atoms with Crippen molar-refractivity contribution in [3.63, 3.8) is 0 Å². The predicted molar refractivity (Wildman–Crippen MR) is 99.0 cm³/mol. The van der Waals surface area contributed by atoms with Crippen molar-refractivity contribution in [3.8, 4) is 0 Å². The van der Waals surface area contributed by atoms with Gasteiger partial charge in [-0.2, -0.15) is 0 Å². The quantitative estimate of drug-likeness (QED) is 0.523. The highest BCUT2D eigenvalue weighted by atomic mass is 16.1. The van der Waals surface area contributed by atoms with Crippen molar-refractivity contribution in [1.29, 1.82) is 10.8 Å². The molecular weight excluding hydrogens is 312 g/mol. The smallest absolute Gasteiger partial charge is 0.222 e. The number of rotatable bonds is 2. The largest absolute Gasteiger partial charge is 0.231 e. The Morgan fingerprint density at radius 3 is 0.960 bits per heavy atom. The van der Waals surface area contributed by atoms with Crippen molar-refractivity contribution in [3.05, 3.63) is 108 Å². The summed E-state index contributed by atoms with van der Waals surface area (Å²) in [5.41, 5.74) is 2.74. The van der Waals surface area contributed by atoms with Gasteiger partial charge in [0.05, 0.1) is 0 Å². The molecule has 0 heterocycles. The van der Waals surface area contributed by atoms with Gasteiger partial charge in [-0.15, -0.1) is 0 Å². The first-order chi connectivity index (χ1) is 12.3. The fourth-order valence-corrected chi connectivity index (χ4v) is 1.81. The molecule has 0 aliphatic heterocycles. The van der Waals surface area contributed by atoms with Gasteiger partial charge >= 0.3 is 0 Å². The zero-order valence-electron chi connectivity index (χ0n) is 13.8. The first kappa shape index (κ1) is 21.4. The molecule has 0 radical (unpaired) electrons. The third kappa shape index (κ3) is 13.8. The second-order valence-corrected chi connectivity index (χ2v) is 4.51. The Kier molecular flexibility index (Phi) is 14.4. The Morgan fingerprint density at radius 1 is 0.520 bits per heavy atom. The maximum absolute atomic E-state index is 8.35. The topological polar surface area (TPSA) is 81.8 Å². The van der Waals surface area contributed by atoms with Gasteiger partial charge in [0.15, 0.2) is 0 Å². The van der Waals surface area contributed by atoms with E-state index in [2.05, 4.69) is 60.7 Å². The van der Waals surface area contributed by atoms with E-state index in [4.69, 9.17) is 20.4 Å². The average molecular weight is 332 g/mol. The van der Waals surface area contributed by atoms with E-state index in [0.717, 1.165) is 18.6 Å². The summed E-state index contributed by atoms with van der Waals surface area (Å²) in [5.74, 6) is 0. The van der Waals surface area contributed by atoms with Crippen molar-refractivity contribution in [2.24, 2.45) is 0 Å². The van der Waals surface area contributed by atoms with E-state index in [1.54, 1.807) is 0 Å². The van der Waals surface area contributed by atoms with Gasteiger partial charge in [-0.1, -0.05) is 97.1 Å². The third-order valence-electron chi connectivity index (χ3n) is 2.76. The van der Waals surface area contributed by atoms with E-state index in [9.17, 15) is 0 Å². The summed E-state index contributed by atoms with van der Waals surface area (Å²) >= 11 is 0. The van der Waals surface area contributed by atoms with E-state index in [1.165, 1.54) is 11.1 Å². The Balaban J connectivity index is 0.000000399. The lowest BCUT2D eigenvalue weighted by Crippen LogP contribution is -1.85. The predicted octanol–water partition coefficient (Wildman–Crippen LogP) is 4.77. The number of benzene rings is 3. The highest BCUT2D eigenvalue weighted by molar-refractivity contribution is 5.26. The molecular formula is C21H20N2O2. The molecule has 0 bridgehead atoms. The molecule has 0 fully saturated rings. The SMILES string of the molecule is N=C=O.N=C=O.c1ccc(Cc2ccccc2)cc1.c1ccccc1. The molecule has 126 valence electrons. The van der Waals surface area contributed by atoms with Crippen LogP contribution >= 0.6 is 0 Å². The number of hydrogen-bond acceptors (Lipinski definition) is 4. The standard InChI is InChI=1S/C13H12.C6H6.2CHNO/c1-3-7-12(8-4-1)11-13-9-5-2-6-10-13;1-2-4-6-5-3-1;2*2-1-3/h1-10H,11H2;1-6H;2*2H. The van der Waals surface area contributed by atoms with Gasteiger partial charge < -0.3 is 0 Å². The molecule has 4 nitrogen and oxygen atoms in total. The minimum Gasteiger partial charge on any atom is -0.222 e. The van der Waals surface area contributed by atoms with Crippen LogP contribution in [0.1, 0.15) is 11.1 Å². The lowest BCUT2D eigenvalue weighted by atomic mass is 10.1. The van der Waals surface area contributed by atoms with Crippen LogP contribution in [0.4, 0.5) is 0 Å². The van der Waals surface area contributed by atoms with Crippen LogP contribution in [0.25, 0.3) is 0 Å². The highest BCUT2D eigenvalue weighted by Crippen LogP contribution is 2.07. The van der Waals surface area contributed by atoms with Crippen molar-refractivity contribution in [2.45, 2.75) is 6.42 Å². The number of hydrogen-bond donors (Lipinski definition) is 2. The van der Waals surface area contributed by atoms with E-state index >= 15 is 0 Å². The average Bonchev–Trinajstić information content (AvgIpc) is 2.67. The summed E-state index contributed by atoms with van der Waals surface area (Å²) in [6.45, 7) is 0. The maximum Gasteiger partial charge on any atom is 0.231 e. The van der Waals surface area contributed by atoms with Gasteiger partial charge in [-0.25, -0.2) is 20.4 Å². The second kappa shape index (κ2) is 16.8. The Morgan fingerprint density at radius 2 is 0.720 bits per heavy atom.